The third kappa shape index (κ3) is 4.18. The zero-order valence-corrected chi connectivity index (χ0v) is 19.4. The highest BCUT2D eigenvalue weighted by atomic mass is 35.5. The Morgan fingerprint density at radius 3 is 2.59 bits per heavy atom. The van der Waals surface area contributed by atoms with Crippen molar-refractivity contribution >= 4 is 40.5 Å². The molecule has 0 radical (unpaired) electrons. The Bertz CT molecular complexity index is 1230. The molecule has 0 saturated carbocycles. The summed E-state index contributed by atoms with van der Waals surface area (Å²) in [5.41, 5.74) is 3.77. The molecule has 166 valence electrons. The molecule has 3 heterocycles. The van der Waals surface area contributed by atoms with Crippen LogP contribution in [0, 0.1) is 20.8 Å². The first-order valence-corrected chi connectivity index (χ1v) is 11.3. The molecule has 0 spiro atoms. The van der Waals surface area contributed by atoms with E-state index in [9.17, 15) is 9.59 Å². The SMILES string of the molecule is Cc1sc2c(c1C)C(c1ccc(Cl)cc1)=N[C@@H](CC(=O)NCCC(=O)O)c1nnc(C)n1-2. The second-order valence-electron chi connectivity index (χ2n) is 7.60. The van der Waals surface area contributed by atoms with Gasteiger partial charge in [0.25, 0.3) is 0 Å². The van der Waals surface area contributed by atoms with Crippen molar-refractivity contribution in [3.05, 3.63) is 62.5 Å². The summed E-state index contributed by atoms with van der Waals surface area (Å²) in [6.07, 6.45) is -0.109. The fourth-order valence-electron chi connectivity index (χ4n) is 3.69. The standard InChI is InChI=1S/C22H22ClN5O3S/c1-11-12(2)32-22-19(11)20(14-4-6-15(23)7-5-14)25-16(21-27-26-13(3)28(21)22)10-17(29)24-9-8-18(30)31/h4-7,16H,8-10H2,1-3H3,(H,24,29)(H,30,31)/t16-/m0/s1. The van der Waals surface area contributed by atoms with E-state index >= 15 is 0 Å². The number of aliphatic carboxylic acids is 1. The number of hydrogen-bond donors (Lipinski definition) is 2. The van der Waals surface area contributed by atoms with Crippen molar-refractivity contribution in [2.45, 2.75) is 39.7 Å². The monoisotopic (exact) mass is 471 g/mol. The number of carbonyl (C=O) groups excluding carboxylic acids is 1. The number of carboxylic acid groups (broad SMARTS) is 1. The highest BCUT2D eigenvalue weighted by Crippen LogP contribution is 2.39. The van der Waals surface area contributed by atoms with Crippen LogP contribution in [0.2, 0.25) is 5.02 Å². The van der Waals surface area contributed by atoms with Crippen LogP contribution < -0.4 is 5.32 Å². The summed E-state index contributed by atoms with van der Waals surface area (Å²) in [7, 11) is 0. The molecule has 0 saturated heterocycles. The van der Waals surface area contributed by atoms with Gasteiger partial charge in [0.15, 0.2) is 5.82 Å². The molecule has 32 heavy (non-hydrogen) atoms. The van der Waals surface area contributed by atoms with E-state index in [1.807, 2.05) is 35.8 Å². The van der Waals surface area contributed by atoms with E-state index in [0.717, 1.165) is 27.4 Å². The molecule has 4 rings (SSSR count). The molecule has 0 bridgehead atoms. The lowest BCUT2D eigenvalue weighted by atomic mass is 9.99. The molecular weight excluding hydrogens is 450 g/mol. The van der Waals surface area contributed by atoms with Gasteiger partial charge in [0, 0.05) is 27.6 Å². The zero-order chi connectivity index (χ0) is 23.0. The molecule has 8 nitrogen and oxygen atoms in total. The van der Waals surface area contributed by atoms with Crippen LogP contribution in [0.5, 0.6) is 0 Å². The second kappa shape index (κ2) is 8.84. The Morgan fingerprint density at radius 2 is 1.91 bits per heavy atom. The highest BCUT2D eigenvalue weighted by molar-refractivity contribution is 7.15. The number of benzene rings is 1. The first-order chi connectivity index (χ1) is 15.3. The first-order valence-electron chi connectivity index (χ1n) is 10.1. The number of aliphatic imine (C=N–C) groups is 1. The van der Waals surface area contributed by atoms with Crippen LogP contribution in [0.4, 0.5) is 0 Å². The van der Waals surface area contributed by atoms with Crippen molar-refractivity contribution in [2.75, 3.05) is 6.54 Å². The van der Waals surface area contributed by atoms with Gasteiger partial charge < -0.3 is 10.4 Å². The van der Waals surface area contributed by atoms with Crippen LogP contribution in [0.15, 0.2) is 29.3 Å². The van der Waals surface area contributed by atoms with Crippen LogP contribution in [0.3, 0.4) is 0 Å². The molecule has 10 heteroatoms. The molecule has 0 fully saturated rings. The smallest absolute Gasteiger partial charge is 0.305 e. The Labute approximate surface area is 194 Å². The Morgan fingerprint density at radius 1 is 1.19 bits per heavy atom. The van der Waals surface area contributed by atoms with E-state index in [2.05, 4.69) is 29.4 Å². The fraction of sp³-hybridized carbons (Fsp3) is 0.318. The molecule has 1 aromatic carbocycles. The van der Waals surface area contributed by atoms with Crippen molar-refractivity contribution in [1.82, 2.24) is 20.1 Å². The number of aryl methyl sites for hydroxylation is 2. The highest BCUT2D eigenvalue weighted by Gasteiger charge is 2.32. The maximum atomic E-state index is 12.6. The zero-order valence-electron chi connectivity index (χ0n) is 17.8. The van der Waals surface area contributed by atoms with Crippen molar-refractivity contribution in [3.63, 3.8) is 0 Å². The van der Waals surface area contributed by atoms with Crippen molar-refractivity contribution in [2.24, 2.45) is 4.99 Å². The molecule has 1 amide bonds. The number of thiophene rings is 1. The lowest BCUT2D eigenvalue weighted by Crippen LogP contribution is -2.27. The number of carbonyl (C=O) groups is 2. The van der Waals surface area contributed by atoms with Gasteiger partial charge in [-0.25, -0.2) is 0 Å². The maximum Gasteiger partial charge on any atom is 0.305 e. The van der Waals surface area contributed by atoms with Gasteiger partial charge in [0.2, 0.25) is 5.91 Å². The normalized spacial score (nSPS) is 14.9. The number of nitrogens with one attached hydrogen (secondary N) is 1. The minimum atomic E-state index is -0.964. The maximum absolute atomic E-state index is 12.6. The van der Waals surface area contributed by atoms with E-state index in [0.29, 0.717) is 16.7 Å². The number of amides is 1. The van der Waals surface area contributed by atoms with Gasteiger partial charge in [-0.05, 0) is 38.5 Å². The average molecular weight is 472 g/mol. The van der Waals surface area contributed by atoms with Gasteiger partial charge in [0.1, 0.15) is 16.9 Å². The number of carboxylic acids is 1. The third-order valence-electron chi connectivity index (χ3n) is 5.40. The summed E-state index contributed by atoms with van der Waals surface area (Å²) in [5.74, 6) is 0.0444. The van der Waals surface area contributed by atoms with Gasteiger partial charge in [-0.3, -0.25) is 19.1 Å². The number of aromatic nitrogens is 3. The van der Waals surface area contributed by atoms with Crippen LogP contribution in [-0.4, -0.2) is 44.0 Å². The van der Waals surface area contributed by atoms with Gasteiger partial charge in [-0.15, -0.1) is 21.5 Å². The summed E-state index contributed by atoms with van der Waals surface area (Å²) < 4.78 is 1.97. The largest absolute Gasteiger partial charge is 0.481 e. The predicted octanol–water partition coefficient (Wildman–Crippen LogP) is 3.78. The molecule has 1 atom stereocenters. The fourth-order valence-corrected chi connectivity index (χ4v) is 5.03. The second-order valence-corrected chi connectivity index (χ2v) is 9.24. The van der Waals surface area contributed by atoms with Crippen LogP contribution in [0.25, 0.3) is 5.00 Å². The van der Waals surface area contributed by atoms with E-state index in [-0.39, 0.29) is 25.3 Å². The first kappa shape index (κ1) is 22.2. The average Bonchev–Trinajstić information content (AvgIpc) is 3.21. The summed E-state index contributed by atoms with van der Waals surface area (Å²) in [6.45, 7) is 6.07. The quantitative estimate of drug-likeness (QED) is 0.568. The summed E-state index contributed by atoms with van der Waals surface area (Å²) in [5, 5.41) is 21.7. The number of nitrogens with zero attached hydrogens (tertiary/aromatic N) is 4. The Hall–Kier alpha value is -3.04. The van der Waals surface area contributed by atoms with E-state index in [4.69, 9.17) is 21.7 Å². The molecule has 2 N–H and O–H groups in total. The van der Waals surface area contributed by atoms with Crippen LogP contribution in [-0.2, 0) is 9.59 Å². The van der Waals surface area contributed by atoms with Crippen LogP contribution >= 0.6 is 22.9 Å². The van der Waals surface area contributed by atoms with Crippen molar-refractivity contribution in [3.8, 4) is 5.00 Å². The van der Waals surface area contributed by atoms with Crippen molar-refractivity contribution < 1.29 is 14.7 Å². The Kier molecular flexibility index (Phi) is 6.12. The molecule has 1 aliphatic heterocycles. The number of rotatable bonds is 6. The third-order valence-corrected chi connectivity index (χ3v) is 6.84. The van der Waals surface area contributed by atoms with E-state index in [1.54, 1.807) is 11.3 Å². The van der Waals surface area contributed by atoms with Gasteiger partial charge >= 0.3 is 5.97 Å². The van der Waals surface area contributed by atoms with Gasteiger partial charge in [-0.1, -0.05) is 23.7 Å². The summed E-state index contributed by atoms with van der Waals surface area (Å²) in [4.78, 5) is 29.5. The molecule has 3 aromatic rings. The Balaban J connectivity index is 1.82. The lowest BCUT2D eigenvalue weighted by molar-refractivity contribution is -0.136. The predicted molar refractivity (Wildman–Crippen MR) is 123 cm³/mol. The van der Waals surface area contributed by atoms with Crippen LogP contribution in [0.1, 0.15) is 52.1 Å². The van der Waals surface area contributed by atoms with E-state index in [1.165, 1.54) is 4.88 Å². The van der Waals surface area contributed by atoms with E-state index < -0.39 is 12.0 Å². The summed E-state index contributed by atoms with van der Waals surface area (Å²) >= 11 is 7.75. The minimum Gasteiger partial charge on any atom is -0.481 e. The minimum absolute atomic E-state index is 0.0296. The van der Waals surface area contributed by atoms with Gasteiger partial charge in [0.05, 0.1) is 18.6 Å². The molecule has 0 unspecified atom stereocenters. The molecule has 0 aliphatic carbocycles. The number of fused-ring (bicyclic) bond motifs is 3. The lowest BCUT2D eigenvalue weighted by Gasteiger charge is -2.13. The molecule has 2 aromatic heterocycles. The topological polar surface area (TPSA) is 109 Å². The molecule has 1 aliphatic rings. The van der Waals surface area contributed by atoms with Gasteiger partial charge in [-0.2, -0.15) is 0 Å². The number of halogens is 1. The van der Waals surface area contributed by atoms with Crippen molar-refractivity contribution in [1.29, 1.82) is 0 Å². The molecular formula is C22H22ClN5O3S. The summed E-state index contributed by atoms with van der Waals surface area (Å²) in [6, 6.07) is 6.89. The number of hydrogen-bond acceptors (Lipinski definition) is 6.